The van der Waals surface area contributed by atoms with Gasteiger partial charge in [0, 0.05) is 5.69 Å². The highest BCUT2D eigenvalue weighted by Gasteiger charge is 2.30. The predicted octanol–water partition coefficient (Wildman–Crippen LogP) is 4.17. The standard InChI is InChI=1S/C16H11F3N4O3S/c17-16(18,19)11-1-3-12(4-2-11)21-15(24)14-5-10(9-27-14)7-22-8-13(6-20-22)23(25)26/h1-6,8-9H,7H2,(H,21,24). The van der Waals surface area contributed by atoms with E-state index in [0.717, 1.165) is 35.2 Å². The first-order valence-corrected chi connectivity index (χ1v) is 8.33. The molecule has 1 amide bonds. The number of halogens is 3. The Hall–Kier alpha value is -3.21. The van der Waals surface area contributed by atoms with Crippen molar-refractivity contribution in [2.45, 2.75) is 12.7 Å². The van der Waals surface area contributed by atoms with E-state index >= 15 is 0 Å². The molecule has 27 heavy (non-hydrogen) atoms. The third-order valence-electron chi connectivity index (χ3n) is 3.52. The molecule has 0 saturated carbocycles. The van der Waals surface area contributed by atoms with Gasteiger partial charge in [0.05, 0.1) is 21.9 Å². The van der Waals surface area contributed by atoms with Crippen LogP contribution >= 0.6 is 11.3 Å². The quantitative estimate of drug-likeness (QED) is 0.518. The van der Waals surface area contributed by atoms with Gasteiger partial charge in [0.2, 0.25) is 0 Å². The van der Waals surface area contributed by atoms with E-state index in [1.807, 2.05) is 0 Å². The summed E-state index contributed by atoms with van der Waals surface area (Å²) in [5.74, 6) is -0.461. The average Bonchev–Trinajstić information content (AvgIpc) is 3.24. The van der Waals surface area contributed by atoms with E-state index in [2.05, 4.69) is 10.4 Å². The number of carbonyl (C=O) groups is 1. The second-order valence-corrected chi connectivity index (χ2v) is 6.41. The Morgan fingerprint density at radius 3 is 2.59 bits per heavy atom. The minimum absolute atomic E-state index is 0.134. The van der Waals surface area contributed by atoms with Gasteiger partial charge in [-0.3, -0.25) is 19.6 Å². The molecule has 140 valence electrons. The van der Waals surface area contributed by atoms with Gasteiger partial charge in [-0.1, -0.05) is 0 Å². The monoisotopic (exact) mass is 396 g/mol. The molecule has 2 heterocycles. The molecule has 0 fully saturated rings. The zero-order valence-corrected chi connectivity index (χ0v) is 14.3. The maximum atomic E-state index is 12.5. The molecule has 0 radical (unpaired) electrons. The third-order valence-corrected chi connectivity index (χ3v) is 4.50. The minimum Gasteiger partial charge on any atom is -0.321 e. The Labute approximate surface area is 154 Å². The van der Waals surface area contributed by atoms with Crippen LogP contribution in [0.5, 0.6) is 0 Å². The van der Waals surface area contributed by atoms with E-state index in [1.165, 1.54) is 23.0 Å². The Balaban J connectivity index is 1.65. The number of anilines is 1. The molecule has 7 nitrogen and oxygen atoms in total. The second kappa shape index (κ2) is 7.19. The number of nitro groups is 1. The normalized spacial score (nSPS) is 11.4. The van der Waals surface area contributed by atoms with Gasteiger partial charge in [0.1, 0.15) is 12.4 Å². The summed E-state index contributed by atoms with van der Waals surface area (Å²) in [5, 5.41) is 18.7. The Morgan fingerprint density at radius 2 is 2.00 bits per heavy atom. The highest BCUT2D eigenvalue weighted by atomic mass is 32.1. The molecule has 0 aliphatic carbocycles. The van der Waals surface area contributed by atoms with Crippen LogP contribution in [0.25, 0.3) is 0 Å². The first-order valence-electron chi connectivity index (χ1n) is 7.45. The van der Waals surface area contributed by atoms with Crippen LogP contribution in [0.15, 0.2) is 48.1 Å². The average molecular weight is 396 g/mol. The van der Waals surface area contributed by atoms with Crippen LogP contribution < -0.4 is 5.32 Å². The lowest BCUT2D eigenvalue weighted by atomic mass is 10.2. The number of carbonyl (C=O) groups excluding carboxylic acids is 1. The van der Waals surface area contributed by atoms with E-state index in [4.69, 9.17) is 0 Å². The number of thiophene rings is 1. The van der Waals surface area contributed by atoms with Crippen molar-refractivity contribution in [3.05, 3.63) is 74.2 Å². The number of nitrogens with zero attached hydrogens (tertiary/aromatic N) is 3. The van der Waals surface area contributed by atoms with Gasteiger partial charge in [0.25, 0.3) is 5.91 Å². The summed E-state index contributed by atoms with van der Waals surface area (Å²) in [6, 6.07) is 5.73. The van der Waals surface area contributed by atoms with Gasteiger partial charge in [-0.25, -0.2) is 0 Å². The van der Waals surface area contributed by atoms with E-state index in [0.29, 0.717) is 4.88 Å². The first-order chi connectivity index (χ1) is 12.7. The van der Waals surface area contributed by atoms with Crippen molar-refractivity contribution in [1.29, 1.82) is 0 Å². The molecule has 0 aliphatic heterocycles. The molecule has 3 aromatic rings. The lowest BCUT2D eigenvalue weighted by molar-refractivity contribution is -0.385. The molecule has 11 heteroatoms. The number of aromatic nitrogens is 2. The van der Waals surface area contributed by atoms with E-state index in [1.54, 1.807) is 11.4 Å². The molecule has 0 unspecified atom stereocenters. The van der Waals surface area contributed by atoms with Crippen LogP contribution in [-0.4, -0.2) is 20.6 Å². The second-order valence-electron chi connectivity index (χ2n) is 5.50. The van der Waals surface area contributed by atoms with Crippen LogP contribution in [0.4, 0.5) is 24.5 Å². The molecule has 0 aliphatic rings. The first kappa shape index (κ1) is 18.6. The van der Waals surface area contributed by atoms with Gasteiger partial charge in [0.15, 0.2) is 0 Å². The fourth-order valence-corrected chi connectivity index (χ4v) is 3.03. The predicted molar refractivity (Wildman–Crippen MR) is 91.7 cm³/mol. The molecule has 1 aromatic carbocycles. The largest absolute Gasteiger partial charge is 0.416 e. The minimum atomic E-state index is -4.44. The smallest absolute Gasteiger partial charge is 0.321 e. The maximum absolute atomic E-state index is 12.5. The van der Waals surface area contributed by atoms with Crippen molar-refractivity contribution < 1.29 is 22.9 Å². The van der Waals surface area contributed by atoms with E-state index in [9.17, 15) is 28.1 Å². The van der Waals surface area contributed by atoms with Gasteiger partial charge in [-0.15, -0.1) is 11.3 Å². The number of rotatable bonds is 5. The van der Waals surface area contributed by atoms with Crippen LogP contribution in [-0.2, 0) is 12.7 Å². The molecule has 0 bridgehead atoms. The van der Waals surface area contributed by atoms with Crippen molar-refractivity contribution in [1.82, 2.24) is 9.78 Å². The van der Waals surface area contributed by atoms with Crippen LogP contribution in [0.1, 0.15) is 20.8 Å². The van der Waals surface area contributed by atoms with Crippen LogP contribution in [0.2, 0.25) is 0 Å². The van der Waals surface area contributed by atoms with Crippen molar-refractivity contribution >= 4 is 28.6 Å². The number of alkyl halides is 3. The number of amides is 1. The summed E-state index contributed by atoms with van der Waals surface area (Å²) in [6.07, 6.45) is -2.03. The molecule has 2 aromatic heterocycles. The summed E-state index contributed by atoms with van der Waals surface area (Å²) in [6.45, 7) is 0.248. The fourth-order valence-electron chi connectivity index (χ4n) is 2.23. The molecule has 1 N–H and O–H groups in total. The molecule has 3 rings (SSSR count). The number of hydrogen-bond donors (Lipinski definition) is 1. The molecular weight excluding hydrogens is 385 g/mol. The summed E-state index contributed by atoms with van der Waals surface area (Å²) in [5.41, 5.74) is 0.0268. The number of hydrogen-bond acceptors (Lipinski definition) is 5. The number of nitrogens with one attached hydrogen (secondary N) is 1. The highest BCUT2D eigenvalue weighted by Crippen LogP contribution is 2.30. The maximum Gasteiger partial charge on any atom is 0.416 e. The lowest BCUT2D eigenvalue weighted by Gasteiger charge is -2.08. The van der Waals surface area contributed by atoms with Crippen LogP contribution in [0, 0.1) is 10.1 Å². The van der Waals surface area contributed by atoms with Crippen molar-refractivity contribution in [2.75, 3.05) is 5.32 Å². The van der Waals surface area contributed by atoms with E-state index in [-0.39, 0.29) is 17.9 Å². The van der Waals surface area contributed by atoms with E-state index < -0.39 is 22.6 Å². The Kier molecular flexibility index (Phi) is 4.95. The van der Waals surface area contributed by atoms with Crippen molar-refractivity contribution in [2.24, 2.45) is 0 Å². The van der Waals surface area contributed by atoms with Gasteiger partial charge in [-0.2, -0.15) is 18.3 Å². The zero-order chi connectivity index (χ0) is 19.6. The van der Waals surface area contributed by atoms with Gasteiger partial charge in [-0.05, 0) is 41.3 Å². The fraction of sp³-hybridized carbons (Fsp3) is 0.125. The Bertz CT molecular complexity index is 979. The Morgan fingerprint density at radius 1 is 1.30 bits per heavy atom. The summed E-state index contributed by atoms with van der Waals surface area (Å²) >= 11 is 1.15. The SMILES string of the molecule is O=C(Nc1ccc(C(F)(F)F)cc1)c1cc(Cn2cc([N+](=O)[O-])cn2)cs1. The van der Waals surface area contributed by atoms with Crippen molar-refractivity contribution in [3.8, 4) is 0 Å². The molecule has 0 spiro atoms. The van der Waals surface area contributed by atoms with Gasteiger partial charge < -0.3 is 5.32 Å². The third kappa shape index (κ3) is 4.50. The molecule has 0 saturated heterocycles. The summed E-state index contributed by atoms with van der Waals surface area (Å²) in [4.78, 5) is 22.7. The van der Waals surface area contributed by atoms with Crippen molar-refractivity contribution in [3.63, 3.8) is 0 Å². The number of benzene rings is 1. The highest BCUT2D eigenvalue weighted by molar-refractivity contribution is 7.12. The zero-order valence-electron chi connectivity index (χ0n) is 13.4. The molecular formula is C16H11F3N4O3S. The molecule has 0 atom stereocenters. The summed E-state index contributed by atoms with van der Waals surface area (Å²) in [7, 11) is 0. The van der Waals surface area contributed by atoms with Gasteiger partial charge >= 0.3 is 11.9 Å². The lowest BCUT2D eigenvalue weighted by Crippen LogP contribution is -2.11. The topological polar surface area (TPSA) is 90.1 Å². The summed E-state index contributed by atoms with van der Waals surface area (Å²) < 4.78 is 39.0. The van der Waals surface area contributed by atoms with Crippen LogP contribution in [0.3, 0.4) is 0 Å².